The first-order chi connectivity index (χ1) is 11.2. The van der Waals surface area contributed by atoms with E-state index in [4.69, 9.17) is 0 Å². The molecule has 2 nitrogen and oxygen atoms in total. The van der Waals surface area contributed by atoms with Gasteiger partial charge in [0.25, 0.3) is 0 Å². The number of nitrogens with zero attached hydrogens (tertiary/aromatic N) is 1. The summed E-state index contributed by atoms with van der Waals surface area (Å²) in [6.45, 7) is 25.4. The molecule has 0 aliphatic carbocycles. The Morgan fingerprint density at radius 3 is 1.92 bits per heavy atom. The lowest BCUT2D eigenvalue weighted by molar-refractivity contribution is 0.179. The van der Waals surface area contributed by atoms with Crippen molar-refractivity contribution in [3.05, 3.63) is 24.6 Å². The van der Waals surface area contributed by atoms with Gasteiger partial charge in [-0.25, -0.2) is 0 Å². The molecular formula is C22H44N2. The van der Waals surface area contributed by atoms with Crippen LogP contribution in [0.2, 0.25) is 0 Å². The number of rotatable bonds is 13. The van der Waals surface area contributed by atoms with Crippen molar-refractivity contribution in [2.75, 3.05) is 13.6 Å². The Morgan fingerprint density at radius 2 is 1.50 bits per heavy atom. The zero-order valence-corrected chi connectivity index (χ0v) is 17.8. The van der Waals surface area contributed by atoms with E-state index in [0.29, 0.717) is 23.8 Å². The summed E-state index contributed by atoms with van der Waals surface area (Å²) in [7, 11) is 2.22. The van der Waals surface area contributed by atoms with Gasteiger partial charge in [-0.3, -0.25) is 0 Å². The molecule has 0 aliphatic heterocycles. The fraction of sp³-hybridized carbons (Fsp3) is 0.818. The second kappa shape index (κ2) is 11.6. The number of likely N-dealkylation sites (N-methyl/N-ethyl adjacent to an activating group) is 1. The van der Waals surface area contributed by atoms with Crippen LogP contribution in [0.4, 0.5) is 0 Å². The van der Waals surface area contributed by atoms with E-state index in [1.165, 1.54) is 31.4 Å². The highest BCUT2D eigenvalue weighted by atomic mass is 15.2. The van der Waals surface area contributed by atoms with Gasteiger partial charge in [0, 0.05) is 24.5 Å². The molecule has 0 amide bonds. The molecule has 0 aromatic carbocycles. The summed E-state index contributed by atoms with van der Waals surface area (Å²) in [5.74, 6) is 2.59. The second-order valence-electron chi connectivity index (χ2n) is 7.96. The van der Waals surface area contributed by atoms with E-state index in [0.717, 1.165) is 18.2 Å². The number of nitrogens with one attached hydrogen (secondary N) is 1. The topological polar surface area (TPSA) is 15.3 Å². The maximum absolute atomic E-state index is 4.35. The van der Waals surface area contributed by atoms with E-state index < -0.39 is 0 Å². The third-order valence-corrected chi connectivity index (χ3v) is 6.10. The first-order valence-corrected chi connectivity index (χ1v) is 10.0. The summed E-state index contributed by atoms with van der Waals surface area (Å²) >= 11 is 0. The van der Waals surface area contributed by atoms with Gasteiger partial charge < -0.3 is 10.2 Å². The van der Waals surface area contributed by atoms with Gasteiger partial charge in [-0.05, 0) is 30.1 Å². The van der Waals surface area contributed by atoms with Crippen LogP contribution in [0.15, 0.2) is 24.6 Å². The van der Waals surface area contributed by atoms with Gasteiger partial charge in [0.15, 0.2) is 0 Å². The Balaban J connectivity index is 4.80. The summed E-state index contributed by atoms with van der Waals surface area (Å²) in [6.07, 6.45) is 5.02. The Bertz CT molecular complexity index is 368. The molecule has 142 valence electrons. The molecule has 0 bridgehead atoms. The molecule has 0 aliphatic rings. The smallest absolute Gasteiger partial charge is 0.0540 e. The maximum atomic E-state index is 4.35. The van der Waals surface area contributed by atoms with Crippen molar-refractivity contribution in [3.8, 4) is 0 Å². The molecule has 0 rings (SSSR count). The minimum absolute atomic E-state index is 0.484. The van der Waals surface area contributed by atoms with Crippen molar-refractivity contribution < 1.29 is 0 Å². The normalized spacial score (nSPS) is 15.2. The van der Waals surface area contributed by atoms with Crippen LogP contribution in [-0.2, 0) is 0 Å². The standard InChI is InChI=1S/C22H44N2/c1-11-17(6)22(14-21(12-2)13-3)24(10)18(7)15-23-20(9)19(8)16(4)5/h16-17,19,21-23H,7,9,11-15H2,1-6,8,10H3/t17-,19?,22+/m0/s1. The molecule has 3 atom stereocenters. The Kier molecular flexibility index (Phi) is 11.2. The molecule has 2 heteroatoms. The van der Waals surface area contributed by atoms with Crippen LogP contribution in [0.3, 0.4) is 0 Å². The monoisotopic (exact) mass is 336 g/mol. The zero-order chi connectivity index (χ0) is 18.9. The predicted molar refractivity (Wildman–Crippen MR) is 110 cm³/mol. The Labute approximate surface area is 152 Å². The van der Waals surface area contributed by atoms with E-state index in [1.807, 2.05) is 0 Å². The maximum Gasteiger partial charge on any atom is 0.0540 e. The molecule has 0 aromatic heterocycles. The summed E-state index contributed by atoms with van der Waals surface area (Å²) in [4.78, 5) is 2.42. The van der Waals surface area contributed by atoms with Gasteiger partial charge in [-0.2, -0.15) is 0 Å². The summed E-state index contributed by atoms with van der Waals surface area (Å²) < 4.78 is 0. The summed E-state index contributed by atoms with van der Waals surface area (Å²) in [5.41, 5.74) is 2.29. The molecule has 0 fully saturated rings. The summed E-state index contributed by atoms with van der Waals surface area (Å²) in [6, 6.07) is 0.574. The second-order valence-corrected chi connectivity index (χ2v) is 7.96. The molecular weight excluding hydrogens is 292 g/mol. The molecule has 0 saturated carbocycles. The van der Waals surface area contributed by atoms with Crippen molar-refractivity contribution in [1.82, 2.24) is 10.2 Å². The van der Waals surface area contributed by atoms with Crippen LogP contribution < -0.4 is 5.32 Å². The molecule has 0 spiro atoms. The number of hydrogen-bond donors (Lipinski definition) is 1. The van der Waals surface area contributed by atoms with Gasteiger partial charge in [-0.15, -0.1) is 0 Å². The van der Waals surface area contributed by atoms with E-state index in [9.17, 15) is 0 Å². The third kappa shape index (κ3) is 7.32. The van der Waals surface area contributed by atoms with Gasteiger partial charge in [0.05, 0.1) is 6.54 Å². The average molecular weight is 337 g/mol. The van der Waals surface area contributed by atoms with Gasteiger partial charge >= 0.3 is 0 Å². The SMILES string of the molecule is C=C(NCC(=C)N(C)[C@H](CC(CC)CC)[C@@H](C)CC)C(C)C(C)C. The lowest BCUT2D eigenvalue weighted by Gasteiger charge is -2.38. The van der Waals surface area contributed by atoms with Gasteiger partial charge in [-0.1, -0.05) is 80.9 Å². The minimum atomic E-state index is 0.484. The zero-order valence-electron chi connectivity index (χ0n) is 17.8. The first kappa shape index (κ1) is 23.1. The molecule has 1 unspecified atom stereocenters. The minimum Gasteiger partial charge on any atom is -0.383 e. The molecule has 0 aromatic rings. The molecule has 1 N–H and O–H groups in total. The van der Waals surface area contributed by atoms with Crippen molar-refractivity contribution in [1.29, 1.82) is 0 Å². The van der Waals surface area contributed by atoms with E-state index >= 15 is 0 Å². The molecule has 0 heterocycles. The highest BCUT2D eigenvalue weighted by Crippen LogP contribution is 2.26. The van der Waals surface area contributed by atoms with Crippen LogP contribution in [0.25, 0.3) is 0 Å². The quantitative estimate of drug-likeness (QED) is 0.439. The van der Waals surface area contributed by atoms with Crippen LogP contribution in [0.1, 0.15) is 74.1 Å². The number of allylic oxidation sites excluding steroid dienone is 1. The third-order valence-electron chi connectivity index (χ3n) is 6.10. The first-order valence-electron chi connectivity index (χ1n) is 10.0. The van der Waals surface area contributed by atoms with Crippen LogP contribution >= 0.6 is 0 Å². The van der Waals surface area contributed by atoms with E-state index in [-0.39, 0.29) is 0 Å². The largest absolute Gasteiger partial charge is 0.383 e. The predicted octanol–water partition coefficient (Wildman–Crippen LogP) is 6.07. The van der Waals surface area contributed by atoms with Crippen molar-refractivity contribution in [2.24, 2.45) is 23.7 Å². The van der Waals surface area contributed by atoms with Gasteiger partial charge in [0.2, 0.25) is 0 Å². The van der Waals surface area contributed by atoms with Crippen molar-refractivity contribution >= 4 is 0 Å². The van der Waals surface area contributed by atoms with Crippen LogP contribution in [0.5, 0.6) is 0 Å². The fourth-order valence-corrected chi connectivity index (χ4v) is 3.15. The van der Waals surface area contributed by atoms with Gasteiger partial charge in [0.1, 0.15) is 0 Å². The molecule has 0 saturated heterocycles. The van der Waals surface area contributed by atoms with Crippen molar-refractivity contribution in [3.63, 3.8) is 0 Å². The van der Waals surface area contributed by atoms with E-state index in [2.05, 4.69) is 78.9 Å². The molecule has 0 radical (unpaired) electrons. The van der Waals surface area contributed by atoms with E-state index in [1.54, 1.807) is 0 Å². The van der Waals surface area contributed by atoms with Crippen LogP contribution in [-0.4, -0.2) is 24.5 Å². The summed E-state index contributed by atoms with van der Waals surface area (Å²) in [5, 5.41) is 3.50. The number of hydrogen-bond acceptors (Lipinski definition) is 2. The lowest BCUT2D eigenvalue weighted by Crippen LogP contribution is -2.40. The highest BCUT2D eigenvalue weighted by Gasteiger charge is 2.24. The van der Waals surface area contributed by atoms with Crippen molar-refractivity contribution in [2.45, 2.75) is 80.2 Å². The lowest BCUT2D eigenvalue weighted by atomic mass is 9.86. The fourth-order valence-electron chi connectivity index (χ4n) is 3.15. The Hall–Kier alpha value is -0.920. The van der Waals surface area contributed by atoms with Crippen LogP contribution in [0, 0.1) is 23.7 Å². The average Bonchev–Trinajstić information content (AvgIpc) is 2.58. The highest BCUT2D eigenvalue weighted by molar-refractivity contribution is 5.05. The molecule has 24 heavy (non-hydrogen) atoms. The Morgan fingerprint density at radius 1 is 0.958 bits per heavy atom.